The molecule has 0 radical (unpaired) electrons. The van der Waals surface area contributed by atoms with Crippen LogP contribution >= 0.6 is 0 Å². The molecule has 0 bridgehead atoms. The van der Waals surface area contributed by atoms with Gasteiger partial charge in [-0.25, -0.2) is 0 Å². The number of piperidine rings is 1. The largest absolute Gasteiger partial charge is 0.480 e. The Morgan fingerprint density at radius 1 is 1.30 bits per heavy atom. The van der Waals surface area contributed by atoms with E-state index in [0.29, 0.717) is 6.42 Å². The fourth-order valence-corrected chi connectivity index (χ4v) is 3.59. The van der Waals surface area contributed by atoms with Gasteiger partial charge in [-0.2, -0.15) is 0 Å². The average molecular weight is 414 g/mol. The van der Waals surface area contributed by atoms with Crippen LogP contribution < -0.4 is 10.2 Å². The number of hydrogen-bond acceptors (Lipinski definition) is 7. The molecular formula is C18H18N6O6. The Labute approximate surface area is 170 Å². The van der Waals surface area contributed by atoms with Crippen molar-refractivity contribution in [2.45, 2.75) is 25.3 Å². The van der Waals surface area contributed by atoms with E-state index in [4.69, 9.17) is 5.53 Å². The van der Waals surface area contributed by atoms with Crippen LogP contribution in [0.15, 0.2) is 23.3 Å². The molecule has 1 unspecified atom stereocenters. The molecule has 3 rings (SSSR count). The minimum absolute atomic E-state index is 0.00121. The fraction of sp³-hybridized carbons (Fsp3) is 0.389. The van der Waals surface area contributed by atoms with Gasteiger partial charge in [-0.15, -0.1) is 0 Å². The lowest BCUT2D eigenvalue weighted by molar-refractivity contribution is -0.137. The van der Waals surface area contributed by atoms with Crippen molar-refractivity contribution in [3.63, 3.8) is 0 Å². The molecule has 2 aliphatic rings. The van der Waals surface area contributed by atoms with Crippen molar-refractivity contribution in [1.29, 1.82) is 0 Å². The Hall–Kier alpha value is -3.92. The Morgan fingerprint density at radius 3 is 2.73 bits per heavy atom. The SMILES string of the molecule is [N-]=[N+]=NCCCN(CC(=O)O)c1cccc2c1C(=O)N(C1CCC(=O)NC1=O)C2=O. The molecule has 0 aromatic heterocycles. The Balaban J connectivity index is 1.94. The quantitative estimate of drug-likeness (QED) is 0.207. The van der Waals surface area contributed by atoms with E-state index < -0.39 is 42.2 Å². The number of anilines is 1. The van der Waals surface area contributed by atoms with Crippen LogP contribution in [0.25, 0.3) is 10.4 Å². The third-order valence-electron chi connectivity index (χ3n) is 4.86. The minimum Gasteiger partial charge on any atom is -0.480 e. The number of carbonyl (C=O) groups is 5. The molecule has 12 heteroatoms. The van der Waals surface area contributed by atoms with Crippen LogP contribution in [0.2, 0.25) is 0 Å². The van der Waals surface area contributed by atoms with Crippen LogP contribution in [0.5, 0.6) is 0 Å². The second-order valence-electron chi connectivity index (χ2n) is 6.77. The number of rotatable bonds is 8. The first-order valence-electron chi connectivity index (χ1n) is 9.17. The number of benzene rings is 1. The maximum absolute atomic E-state index is 13.1. The van der Waals surface area contributed by atoms with E-state index in [1.54, 1.807) is 0 Å². The van der Waals surface area contributed by atoms with Gasteiger partial charge < -0.3 is 10.0 Å². The van der Waals surface area contributed by atoms with Crippen molar-refractivity contribution in [1.82, 2.24) is 10.2 Å². The van der Waals surface area contributed by atoms with Crippen molar-refractivity contribution in [3.05, 3.63) is 39.8 Å². The molecule has 2 aliphatic heterocycles. The number of imide groups is 2. The summed E-state index contributed by atoms with van der Waals surface area (Å²) in [7, 11) is 0. The monoisotopic (exact) mass is 414 g/mol. The van der Waals surface area contributed by atoms with E-state index in [1.807, 2.05) is 0 Å². The zero-order valence-electron chi connectivity index (χ0n) is 15.8. The van der Waals surface area contributed by atoms with Crippen LogP contribution in [0.1, 0.15) is 40.0 Å². The number of carboxylic acid groups (broad SMARTS) is 1. The van der Waals surface area contributed by atoms with Crippen LogP contribution in [0.3, 0.4) is 0 Å². The molecule has 156 valence electrons. The minimum atomic E-state index is -1.14. The lowest BCUT2D eigenvalue weighted by Crippen LogP contribution is -2.54. The first kappa shape index (κ1) is 20.8. The molecule has 2 N–H and O–H groups in total. The Morgan fingerprint density at radius 2 is 2.07 bits per heavy atom. The summed E-state index contributed by atoms with van der Waals surface area (Å²) < 4.78 is 0. The zero-order chi connectivity index (χ0) is 21.8. The summed E-state index contributed by atoms with van der Waals surface area (Å²) in [5.41, 5.74) is 8.70. The number of carbonyl (C=O) groups excluding carboxylic acids is 4. The van der Waals surface area contributed by atoms with E-state index in [9.17, 15) is 29.1 Å². The molecule has 1 atom stereocenters. The van der Waals surface area contributed by atoms with E-state index in [0.717, 1.165) is 4.90 Å². The predicted molar refractivity (Wildman–Crippen MR) is 102 cm³/mol. The molecule has 2 heterocycles. The number of hydrogen-bond donors (Lipinski definition) is 2. The van der Waals surface area contributed by atoms with Gasteiger partial charge in [0.15, 0.2) is 0 Å². The van der Waals surface area contributed by atoms with E-state index in [1.165, 1.54) is 23.1 Å². The summed E-state index contributed by atoms with van der Waals surface area (Å²) in [6.45, 7) is -0.134. The maximum Gasteiger partial charge on any atom is 0.323 e. The van der Waals surface area contributed by atoms with E-state index in [2.05, 4.69) is 15.3 Å². The lowest BCUT2D eigenvalue weighted by Gasteiger charge is -2.28. The summed E-state index contributed by atoms with van der Waals surface area (Å²) in [5, 5.41) is 14.8. The first-order chi connectivity index (χ1) is 14.3. The first-order valence-corrected chi connectivity index (χ1v) is 9.17. The third-order valence-corrected chi connectivity index (χ3v) is 4.86. The topological polar surface area (TPSA) is 173 Å². The third kappa shape index (κ3) is 3.94. The lowest BCUT2D eigenvalue weighted by atomic mass is 10.0. The molecule has 0 saturated carbocycles. The Bertz CT molecular complexity index is 985. The molecule has 1 fully saturated rings. The number of amides is 4. The highest BCUT2D eigenvalue weighted by Gasteiger charge is 2.46. The van der Waals surface area contributed by atoms with Gasteiger partial charge in [-0.05, 0) is 30.5 Å². The van der Waals surface area contributed by atoms with Gasteiger partial charge in [-0.3, -0.25) is 34.2 Å². The van der Waals surface area contributed by atoms with Crippen molar-refractivity contribution in [3.8, 4) is 0 Å². The molecule has 0 spiro atoms. The number of aliphatic carboxylic acids is 1. The van der Waals surface area contributed by atoms with Crippen LogP contribution in [-0.2, 0) is 14.4 Å². The van der Waals surface area contributed by atoms with Gasteiger partial charge in [-0.1, -0.05) is 11.2 Å². The van der Waals surface area contributed by atoms with Crippen LogP contribution in [0.4, 0.5) is 5.69 Å². The van der Waals surface area contributed by atoms with Crippen molar-refractivity contribution in [2.24, 2.45) is 5.11 Å². The normalized spacial score (nSPS) is 18.0. The zero-order valence-corrected chi connectivity index (χ0v) is 15.8. The summed E-state index contributed by atoms with van der Waals surface area (Å²) in [4.78, 5) is 65.8. The predicted octanol–water partition coefficient (Wildman–Crippen LogP) is 0.679. The number of carboxylic acids is 1. The highest BCUT2D eigenvalue weighted by Crippen LogP contribution is 2.34. The molecule has 1 aromatic carbocycles. The van der Waals surface area contributed by atoms with E-state index in [-0.39, 0.29) is 42.7 Å². The van der Waals surface area contributed by atoms with Gasteiger partial charge in [0.2, 0.25) is 11.8 Å². The molecule has 0 aliphatic carbocycles. The fourth-order valence-electron chi connectivity index (χ4n) is 3.59. The molecule has 12 nitrogen and oxygen atoms in total. The highest BCUT2D eigenvalue weighted by molar-refractivity contribution is 6.25. The number of azide groups is 1. The summed E-state index contributed by atoms with van der Waals surface area (Å²) in [6, 6.07) is 3.37. The summed E-state index contributed by atoms with van der Waals surface area (Å²) in [6.07, 6.45) is 0.359. The van der Waals surface area contributed by atoms with Gasteiger partial charge >= 0.3 is 5.97 Å². The smallest absolute Gasteiger partial charge is 0.323 e. The molecule has 30 heavy (non-hydrogen) atoms. The molecule has 1 aromatic rings. The summed E-state index contributed by atoms with van der Waals surface area (Å²) >= 11 is 0. The second-order valence-corrected chi connectivity index (χ2v) is 6.77. The number of nitrogens with one attached hydrogen (secondary N) is 1. The second kappa shape index (κ2) is 8.62. The standard InChI is InChI=1S/C18H18N6O6/c19-22-20-7-2-8-23(9-14(26)27)11-4-1-3-10-15(11)18(30)24(17(10)29)12-5-6-13(25)21-16(12)28/h1,3-4,12H,2,5-9H2,(H,26,27)(H,21,25,28). The van der Waals surface area contributed by atoms with Crippen LogP contribution in [0, 0.1) is 0 Å². The number of fused-ring (bicyclic) bond motifs is 1. The molecular weight excluding hydrogens is 396 g/mol. The molecule has 4 amide bonds. The Kier molecular flexibility index (Phi) is 5.98. The van der Waals surface area contributed by atoms with Crippen molar-refractivity contribution in [2.75, 3.05) is 24.5 Å². The highest BCUT2D eigenvalue weighted by atomic mass is 16.4. The van der Waals surface area contributed by atoms with Crippen molar-refractivity contribution < 1.29 is 29.1 Å². The van der Waals surface area contributed by atoms with Gasteiger partial charge in [0.1, 0.15) is 12.6 Å². The van der Waals surface area contributed by atoms with Gasteiger partial charge in [0, 0.05) is 24.4 Å². The average Bonchev–Trinajstić information content (AvgIpc) is 2.95. The number of nitrogens with zero attached hydrogens (tertiary/aromatic N) is 5. The van der Waals surface area contributed by atoms with E-state index >= 15 is 0 Å². The van der Waals surface area contributed by atoms with Crippen molar-refractivity contribution >= 4 is 35.3 Å². The van der Waals surface area contributed by atoms with Gasteiger partial charge in [0.25, 0.3) is 11.8 Å². The summed E-state index contributed by atoms with van der Waals surface area (Å²) in [5.74, 6) is -3.73. The maximum atomic E-state index is 13.1. The van der Waals surface area contributed by atoms with Crippen LogP contribution in [-0.4, -0.2) is 65.3 Å². The molecule has 1 saturated heterocycles. The van der Waals surface area contributed by atoms with Gasteiger partial charge in [0.05, 0.1) is 16.8 Å².